The van der Waals surface area contributed by atoms with Crippen molar-refractivity contribution in [2.24, 2.45) is 0 Å². The largest absolute Gasteiger partial charge is 0.497 e. The van der Waals surface area contributed by atoms with Gasteiger partial charge in [-0.1, -0.05) is 36.8 Å². The second-order valence-electron chi connectivity index (χ2n) is 8.57. The molecule has 1 fully saturated rings. The number of ether oxygens (including phenoxy) is 1. The van der Waals surface area contributed by atoms with Crippen LogP contribution in [-0.2, 0) is 13.0 Å². The molecule has 3 aromatic rings. The van der Waals surface area contributed by atoms with E-state index < -0.39 is 12.3 Å². The van der Waals surface area contributed by atoms with Gasteiger partial charge in [-0.2, -0.15) is 0 Å². The van der Waals surface area contributed by atoms with Crippen LogP contribution in [0.5, 0.6) is 5.75 Å². The summed E-state index contributed by atoms with van der Waals surface area (Å²) in [5, 5.41) is 22.0. The van der Waals surface area contributed by atoms with Crippen LogP contribution in [-0.4, -0.2) is 63.6 Å². The Hall–Kier alpha value is -3.16. The van der Waals surface area contributed by atoms with Crippen molar-refractivity contribution in [3.8, 4) is 5.75 Å². The third-order valence-electron chi connectivity index (χ3n) is 6.41. The first-order valence-electron chi connectivity index (χ1n) is 11.4. The van der Waals surface area contributed by atoms with Gasteiger partial charge in [0.05, 0.1) is 12.6 Å². The number of rotatable bonds is 8. The van der Waals surface area contributed by atoms with Gasteiger partial charge < -0.3 is 19.8 Å². The van der Waals surface area contributed by atoms with E-state index >= 15 is 0 Å². The lowest BCUT2D eigenvalue weighted by Gasteiger charge is -2.40. The molecule has 2 heterocycles. The number of amides is 1. The van der Waals surface area contributed by atoms with Crippen molar-refractivity contribution >= 4 is 17.0 Å². The molecule has 2 N–H and O–H groups in total. The van der Waals surface area contributed by atoms with Crippen LogP contribution in [0, 0.1) is 0 Å². The van der Waals surface area contributed by atoms with E-state index in [9.17, 15) is 15.0 Å². The zero-order valence-corrected chi connectivity index (χ0v) is 18.9. The van der Waals surface area contributed by atoms with Crippen molar-refractivity contribution in [3.63, 3.8) is 0 Å². The van der Waals surface area contributed by atoms with Gasteiger partial charge in [-0.3, -0.25) is 9.88 Å². The molecule has 1 aliphatic rings. The molecule has 2 aromatic carbocycles. The first kappa shape index (κ1) is 23.0. The van der Waals surface area contributed by atoms with Gasteiger partial charge in [-0.15, -0.1) is 0 Å². The van der Waals surface area contributed by atoms with Crippen LogP contribution in [0.3, 0.4) is 0 Å². The molecule has 0 bridgehead atoms. The van der Waals surface area contributed by atoms with E-state index in [1.165, 1.54) is 4.90 Å². The molecule has 7 heteroatoms. The van der Waals surface area contributed by atoms with Crippen LogP contribution in [0.25, 0.3) is 10.9 Å². The number of hydrogen-bond donors (Lipinski definition) is 2. The molecule has 4 rings (SSSR count). The number of carbonyl (C=O) groups is 1. The lowest BCUT2D eigenvalue weighted by Crippen LogP contribution is -2.52. The minimum atomic E-state index is -0.939. The summed E-state index contributed by atoms with van der Waals surface area (Å²) < 4.78 is 5.37. The van der Waals surface area contributed by atoms with Gasteiger partial charge in [-0.05, 0) is 48.2 Å². The molecule has 0 radical (unpaired) electrons. The highest BCUT2D eigenvalue weighted by Crippen LogP contribution is 2.26. The molecule has 33 heavy (non-hydrogen) atoms. The monoisotopic (exact) mass is 449 g/mol. The number of nitrogens with zero attached hydrogens (tertiary/aromatic N) is 3. The average molecular weight is 450 g/mol. The maximum atomic E-state index is 12.0. The number of piperidine rings is 1. The van der Waals surface area contributed by atoms with Crippen molar-refractivity contribution < 1.29 is 19.7 Å². The lowest BCUT2D eigenvalue weighted by atomic mass is 9.98. The van der Waals surface area contributed by atoms with Crippen LogP contribution in [0.4, 0.5) is 4.79 Å². The Morgan fingerprint density at radius 3 is 2.79 bits per heavy atom. The summed E-state index contributed by atoms with van der Waals surface area (Å²) in [4.78, 5) is 19.9. The summed E-state index contributed by atoms with van der Waals surface area (Å²) in [6.07, 6.45) is 3.43. The second-order valence-corrected chi connectivity index (χ2v) is 8.57. The maximum Gasteiger partial charge on any atom is 0.407 e. The van der Waals surface area contributed by atoms with E-state index in [0.717, 1.165) is 53.6 Å². The number of benzene rings is 2. The van der Waals surface area contributed by atoms with Gasteiger partial charge in [0.25, 0.3) is 0 Å². The van der Waals surface area contributed by atoms with Gasteiger partial charge in [0.15, 0.2) is 0 Å². The van der Waals surface area contributed by atoms with Gasteiger partial charge >= 0.3 is 6.09 Å². The third kappa shape index (κ3) is 5.61. The SMILES string of the molecule is COc1ccc2nccc(CC(O)N3CCCCC3CN(Cc3ccccc3)C(=O)O)c2c1. The zero-order valence-electron chi connectivity index (χ0n) is 18.9. The normalized spacial score (nSPS) is 17.6. The molecular weight excluding hydrogens is 418 g/mol. The number of aliphatic hydroxyl groups is 1. The molecule has 7 nitrogen and oxygen atoms in total. The average Bonchev–Trinajstić information content (AvgIpc) is 2.84. The first-order valence-corrected chi connectivity index (χ1v) is 11.4. The Morgan fingerprint density at radius 1 is 1.21 bits per heavy atom. The number of aromatic nitrogens is 1. The van der Waals surface area contributed by atoms with Crippen molar-refractivity contribution in [1.82, 2.24) is 14.8 Å². The van der Waals surface area contributed by atoms with E-state index in [1.54, 1.807) is 13.3 Å². The number of aliphatic hydroxyl groups excluding tert-OH is 1. The fourth-order valence-electron chi connectivity index (χ4n) is 4.68. The van der Waals surface area contributed by atoms with E-state index in [4.69, 9.17) is 4.74 Å². The fraction of sp³-hybridized carbons (Fsp3) is 0.385. The van der Waals surface area contributed by atoms with Gasteiger partial charge in [0.1, 0.15) is 12.0 Å². The quantitative estimate of drug-likeness (QED) is 0.538. The molecule has 1 aliphatic heterocycles. The lowest BCUT2D eigenvalue weighted by molar-refractivity contribution is -0.0470. The Bertz CT molecular complexity index is 1080. The Labute approximate surface area is 194 Å². The molecule has 0 saturated carbocycles. The summed E-state index contributed by atoms with van der Waals surface area (Å²) in [5.41, 5.74) is 2.81. The van der Waals surface area contributed by atoms with Crippen LogP contribution in [0.15, 0.2) is 60.8 Å². The molecule has 1 saturated heterocycles. The van der Waals surface area contributed by atoms with Gasteiger partial charge in [0, 0.05) is 43.7 Å². The number of fused-ring (bicyclic) bond motifs is 1. The zero-order chi connectivity index (χ0) is 23.2. The van der Waals surface area contributed by atoms with Crippen LogP contribution >= 0.6 is 0 Å². The molecule has 0 aliphatic carbocycles. The smallest absolute Gasteiger partial charge is 0.407 e. The molecule has 1 aromatic heterocycles. The van der Waals surface area contributed by atoms with Crippen LogP contribution in [0.2, 0.25) is 0 Å². The van der Waals surface area contributed by atoms with Crippen LogP contribution in [0.1, 0.15) is 30.4 Å². The molecular formula is C26H31N3O4. The molecule has 2 unspecified atom stereocenters. The standard InChI is InChI=1S/C26H31N3O4/c1-33-22-10-11-24-23(16-22)20(12-13-27-24)15-25(30)29-14-6-5-9-21(29)18-28(26(31)32)17-19-7-3-2-4-8-19/h2-4,7-8,10-13,16,21,25,30H,5-6,9,14-15,17-18H2,1H3,(H,31,32). The minimum absolute atomic E-state index is 0.0313. The summed E-state index contributed by atoms with van der Waals surface area (Å²) >= 11 is 0. The molecule has 0 spiro atoms. The number of carboxylic acid groups (broad SMARTS) is 1. The minimum Gasteiger partial charge on any atom is -0.497 e. The Morgan fingerprint density at radius 2 is 2.03 bits per heavy atom. The molecule has 174 valence electrons. The number of pyridine rings is 1. The van der Waals surface area contributed by atoms with Crippen molar-refractivity contribution in [2.45, 2.75) is 44.5 Å². The van der Waals surface area contributed by atoms with Gasteiger partial charge in [-0.25, -0.2) is 4.79 Å². The van der Waals surface area contributed by atoms with Crippen molar-refractivity contribution in [1.29, 1.82) is 0 Å². The van der Waals surface area contributed by atoms with Crippen molar-refractivity contribution in [3.05, 3.63) is 71.9 Å². The highest BCUT2D eigenvalue weighted by Gasteiger charge is 2.31. The molecule has 2 atom stereocenters. The van der Waals surface area contributed by atoms with Crippen LogP contribution < -0.4 is 4.74 Å². The topological polar surface area (TPSA) is 86.1 Å². The van der Waals surface area contributed by atoms with E-state index in [2.05, 4.69) is 9.88 Å². The summed E-state index contributed by atoms with van der Waals surface area (Å²) in [7, 11) is 1.63. The summed E-state index contributed by atoms with van der Waals surface area (Å²) in [6, 6.07) is 17.3. The van der Waals surface area contributed by atoms with E-state index in [1.807, 2.05) is 54.6 Å². The molecule has 1 amide bonds. The van der Waals surface area contributed by atoms with Crippen molar-refractivity contribution in [2.75, 3.05) is 20.2 Å². The number of methoxy groups -OCH3 is 1. The predicted octanol–water partition coefficient (Wildman–Crippen LogP) is 4.14. The number of likely N-dealkylation sites (tertiary alicyclic amines) is 1. The summed E-state index contributed by atoms with van der Waals surface area (Å²) in [6.45, 7) is 1.45. The van der Waals surface area contributed by atoms with E-state index in [0.29, 0.717) is 19.5 Å². The number of hydrogen-bond acceptors (Lipinski definition) is 5. The maximum absolute atomic E-state index is 12.0. The third-order valence-corrected chi connectivity index (χ3v) is 6.41. The Balaban J connectivity index is 1.51. The highest BCUT2D eigenvalue weighted by molar-refractivity contribution is 5.83. The van der Waals surface area contributed by atoms with Gasteiger partial charge in [0.2, 0.25) is 0 Å². The Kier molecular flexibility index (Phi) is 7.42. The fourth-order valence-corrected chi connectivity index (χ4v) is 4.68. The van der Waals surface area contributed by atoms with E-state index in [-0.39, 0.29) is 6.04 Å². The summed E-state index contributed by atoms with van der Waals surface area (Å²) in [5.74, 6) is 0.750. The second kappa shape index (κ2) is 10.6. The first-order chi connectivity index (χ1) is 16.0. The predicted molar refractivity (Wildman–Crippen MR) is 127 cm³/mol. The highest BCUT2D eigenvalue weighted by atomic mass is 16.5.